The van der Waals surface area contributed by atoms with Gasteiger partial charge in [-0.1, -0.05) is 331 Å². The number of likely N-dealkylation sites (N-methyl/N-ethyl adjacent to an activating group) is 1. The highest BCUT2D eigenvalue weighted by Gasteiger charge is 2.22. The van der Waals surface area contributed by atoms with Gasteiger partial charge in [0.2, 0.25) is 0 Å². The highest BCUT2D eigenvalue weighted by molar-refractivity contribution is 5.70. The zero-order valence-electron chi connectivity index (χ0n) is 58.2. The SMILES string of the molecule is CC/C=C\C/C=C\C/C=C\C/C=C\CCCCCCCCCCCCCCC(=O)OC(COC(=O)CCCCCCCCCCCCCCCCCCCCCCCCCCC/C=C\CCCCCCCCCC)COC(OCC[N+](C)(C)C)C(=O)[O-]. The number of quaternary nitrogens is 1. The smallest absolute Gasteiger partial charge is 0.306 e. The average Bonchev–Trinajstić information content (AvgIpc) is 3.59. The van der Waals surface area contributed by atoms with Crippen molar-refractivity contribution in [3.05, 3.63) is 60.8 Å². The summed E-state index contributed by atoms with van der Waals surface area (Å²) < 4.78 is 22.8. The van der Waals surface area contributed by atoms with Gasteiger partial charge in [0.1, 0.15) is 13.2 Å². The number of unbranched alkanes of at least 4 members (excludes halogenated alkanes) is 45. The summed E-state index contributed by atoms with van der Waals surface area (Å²) in [7, 11) is 5.94. The number of carboxylic acid groups (broad SMARTS) is 1. The Morgan fingerprint density at radius 3 is 0.989 bits per heavy atom. The van der Waals surface area contributed by atoms with Gasteiger partial charge in [0, 0.05) is 12.8 Å². The van der Waals surface area contributed by atoms with Crippen LogP contribution in [-0.4, -0.2) is 82.3 Å². The molecule has 0 aliphatic rings. The van der Waals surface area contributed by atoms with Crippen molar-refractivity contribution < 1.29 is 42.9 Å². The van der Waals surface area contributed by atoms with Crippen LogP contribution in [0.1, 0.15) is 361 Å². The number of hydrogen-bond acceptors (Lipinski definition) is 8. The largest absolute Gasteiger partial charge is 0.545 e. The van der Waals surface area contributed by atoms with Crippen molar-refractivity contribution in [2.24, 2.45) is 0 Å². The van der Waals surface area contributed by atoms with Gasteiger partial charge in [0.25, 0.3) is 0 Å². The Balaban J connectivity index is 3.99. The minimum atomic E-state index is -1.62. The molecule has 0 N–H and O–H groups in total. The highest BCUT2D eigenvalue weighted by Crippen LogP contribution is 2.19. The lowest BCUT2D eigenvalue weighted by Gasteiger charge is -2.26. The summed E-state index contributed by atoms with van der Waals surface area (Å²) in [4.78, 5) is 37.5. The minimum Gasteiger partial charge on any atom is -0.545 e. The average molecular weight is 1220 g/mol. The van der Waals surface area contributed by atoms with Crippen LogP contribution in [0, 0.1) is 0 Å². The van der Waals surface area contributed by atoms with Gasteiger partial charge in [0.05, 0.1) is 40.3 Å². The van der Waals surface area contributed by atoms with E-state index in [1.807, 2.05) is 21.1 Å². The van der Waals surface area contributed by atoms with Crippen LogP contribution in [0.4, 0.5) is 0 Å². The van der Waals surface area contributed by atoms with Crippen LogP contribution in [-0.2, 0) is 33.3 Å². The predicted octanol–water partition coefficient (Wildman–Crippen LogP) is 22.1. The number of rotatable bonds is 70. The van der Waals surface area contributed by atoms with Crippen molar-refractivity contribution in [1.82, 2.24) is 0 Å². The van der Waals surface area contributed by atoms with E-state index in [-0.39, 0.29) is 32.2 Å². The van der Waals surface area contributed by atoms with Gasteiger partial charge in [-0.05, 0) is 77.0 Å². The maximum absolute atomic E-state index is 12.9. The topological polar surface area (TPSA) is 111 Å². The molecule has 0 spiro atoms. The van der Waals surface area contributed by atoms with Crippen LogP contribution in [0.2, 0.25) is 0 Å². The van der Waals surface area contributed by atoms with Gasteiger partial charge >= 0.3 is 11.9 Å². The van der Waals surface area contributed by atoms with Gasteiger partial charge in [-0.2, -0.15) is 0 Å². The van der Waals surface area contributed by atoms with E-state index in [0.717, 1.165) is 64.2 Å². The zero-order chi connectivity index (χ0) is 63.3. The lowest BCUT2D eigenvalue weighted by molar-refractivity contribution is -0.870. The van der Waals surface area contributed by atoms with E-state index in [0.29, 0.717) is 23.9 Å². The van der Waals surface area contributed by atoms with Crippen molar-refractivity contribution >= 4 is 17.9 Å². The van der Waals surface area contributed by atoms with Crippen molar-refractivity contribution in [2.75, 3.05) is 47.5 Å². The molecule has 87 heavy (non-hydrogen) atoms. The molecule has 0 saturated heterocycles. The summed E-state index contributed by atoms with van der Waals surface area (Å²) in [5.41, 5.74) is 0. The first-order valence-corrected chi connectivity index (χ1v) is 37.4. The lowest BCUT2D eigenvalue weighted by Crippen LogP contribution is -2.44. The van der Waals surface area contributed by atoms with Crippen molar-refractivity contribution in [3.63, 3.8) is 0 Å². The fraction of sp³-hybridized carbons (Fsp3) is 0.833. The molecule has 9 nitrogen and oxygen atoms in total. The molecule has 9 heteroatoms. The van der Waals surface area contributed by atoms with E-state index in [2.05, 4.69) is 74.6 Å². The van der Waals surface area contributed by atoms with Crippen LogP contribution >= 0.6 is 0 Å². The lowest BCUT2D eigenvalue weighted by atomic mass is 10.0. The Bertz CT molecular complexity index is 1610. The van der Waals surface area contributed by atoms with E-state index < -0.39 is 24.3 Å². The van der Waals surface area contributed by atoms with Crippen LogP contribution in [0.25, 0.3) is 0 Å². The van der Waals surface area contributed by atoms with Crippen molar-refractivity contribution in [3.8, 4) is 0 Å². The molecule has 0 aromatic carbocycles. The number of allylic oxidation sites excluding steroid dienone is 10. The first-order valence-electron chi connectivity index (χ1n) is 37.4. The van der Waals surface area contributed by atoms with E-state index in [9.17, 15) is 19.5 Å². The second-order valence-electron chi connectivity index (χ2n) is 26.6. The zero-order valence-corrected chi connectivity index (χ0v) is 58.2. The summed E-state index contributed by atoms with van der Waals surface area (Å²) in [5.74, 6) is -2.26. The molecule has 0 aliphatic carbocycles. The minimum absolute atomic E-state index is 0.148. The molecule has 0 fully saturated rings. The number of carbonyl (C=O) groups is 3. The standard InChI is InChI=1S/C78H143NO8/c1-6-8-10-12-14-16-18-20-22-24-26-28-30-32-33-34-35-36-37-38-39-40-41-42-43-45-46-48-50-52-54-56-58-60-62-64-66-68-75(80)85-72-74(73-86-78(77(82)83)84-71-70-79(3,4)5)87-76(81)69-67-65-63-61-59-57-55-53-51-49-47-44-31-29-27-25-23-21-19-17-15-13-11-9-7-2/h9,11,15,17,21,23-24,26-27,29,74,78H,6-8,10,12-14,16,18-20,22,25,28,30-73H2,1-5H3/b11-9-,17-15-,23-21-,26-24-,29-27-. The number of carboxylic acids is 1. The number of carbonyl (C=O) groups excluding carboxylic acids is 3. The first kappa shape index (κ1) is 84.0. The Morgan fingerprint density at radius 2 is 0.655 bits per heavy atom. The Kier molecular flexibility index (Phi) is 66.5. The maximum atomic E-state index is 12.9. The molecule has 2 atom stereocenters. The van der Waals surface area contributed by atoms with Crippen LogP contribution in [0.3, 0.4) is 0 Å². The summed E-state index contributed by atoms with van der Waals surface area (Å²) >= 11 is 0. The van der Waals surface area contributed by atoms with Crippen molar-refractivity contribution in [1.29, 1.82) is 0 Å². The molecule has 0 amide bonds. The second-order valence-corrected chi connectivity index (χ2v) is 26.6. The second kappa shape index (κ2) is 68.9. The molecule has 0 aliphatic heterocycles. The van der Waals surface area contributed by atoms with E-state index in [1.165, 1.54) is 263 Å². The predicted molar refractivity (Wildman–Crippen MR) is 371 cm³/mol. The molecular formula is C78H143NO8. The summed E-state index contributed by atoms with van der Waals surface area (Å²) in [6, 6.07) is 0. The molecule has 0 aromatic rings. The Labute approximate surface area is 539 Å². The molecule has 0 bridgehead atoms. The number of nitrogens with zero attached hydrogens (tertiary/aromatic N) is 1. The van der Waals surface area contributed by atoms with Crippen LogP contribution in [0.5, 0.6) is 0 Å². The molecule has 0 radical (unpaired) electrons. The number of esters is 2. The van der Waals surface area contributed by atoms with Gasteiger partial charge in [-0.3, -0.25) is 9.59 Å². The number of aliphatic carboxylic acids is 1. The summed E-state index contributed by atoms with van der Waals surface area (Å²) in [5, 5.41) is 11.8. The third-order valence-corrected chi connectivity index (χ3v) is 16.7. The first-order chi connectivity index (χ1) is 42.6. The number of hydrogen-bond donors (Lipinski definition) is 0. The molecule has 508 valence electrons. The van der Waals surface area contributed by atoms with E-state index in [1.54, 1.807) is 0 Å². The molecule has 2 unspecified atom stereocenters. The highest BCUT2D eigenvalue weighted by atomic mass is 16.7. The molecule has 0 saturated carbocycles. The van der Waals surface area contributed by atoms with Crippen LogP contribution in [0.15, 0.2) is 60.8 Å². The molecule has 0 heterocycles. The third-order valence-electron chi connectivity index (χ3n) is 16.7. The number of ether oxygens (including phenoxy) is 4. The third kappa shape index (κ3) is 70.3. The summed E-state index contributed by atoms with van der Waals surface area (Å²) in [6.07, 6.45) is 87.6. The molecule has 0 rings (SSSR count). The Morgan fingerprint density at radius 1 is 0.356 bits per heavy atom. The van der Waals surface area contributed by atoms with Gasteiger partial charge in [-0.15, -0.1) is 0 Å². The van der Waals surface area contributed by atoms with E-state index in [4.69, 9.17) is 18.9 Å². The fourth-order valence-electron chi connectivity index (χ4n) is 11.1. The fourth-order valence-corrected chi connectivity index (χ4v) is 11.1. The van der Waals surface area contributed by atoms with E-state index >= 15 is 0 Å². The van der Waals surface area contributed by atoms with Gasteiger partial charge in [-0.25, -0.2) is 0 Å². The van der Waals surface area contributed by atoms with Gasteiger partial charge in [0.15, 0.2) is 12.4 Å². The van der Waals surface area contributed by atoms with Crippen molar-refractivity contribution in [2.45, 2.75) is 373 Å². The normalized spacial score (nSPS) is 13.0. The molecule has 0 aromatic heterocycles. The maximum Gasteiger partial charge on any atom is 0.306 e. The summed E-state index contributed by atoms with van der Waals surface area (Å²) in [6.45, 7) is 4.69. The quantitative estimate of drug-likeness (QED) is 0.0195. The monoisotopic (exact) mass is 1220 g/mol. The Hall–Kier alpha value is -3.01. The van der Waals surface area contributed by atoms with Gasteiger partial charge < -0.3 is 33.3 Å². The molecular weight excluding hydrogens is 1080 g/mol. The van der Waals surface area contributed by atoms with Crippen LogP contribution < -0.4 is 5.11 Å².